The van der Waals surface area contributed by atoms with E-state index >= 15 is 0 Å². The van der Waals surface area contributed by atoms with Gasteiger partial charge in [0.05, 0.1) is 18.3 Å². The molecule has 1 amide bonds. The Bertz CT molecular complexity index is 940. The number of halogens is 1. The predicted molar refractivity (Wildman–Crippen MR) is 120 cm³/mol. The van der Waals surface area contributed by atoms with Crippen LogP contribution in [-0.2, 0) is 0 Å². The molecule has 5 nitrogen and oxygen atoms in total. The van der Waals surface area contributed by atoms with Crippen LogP contribution in [0, 0.1) is 0 Å². The molecule has 1 aliphatic rings. The van der Waals surface area contributed by atoms with Crippen LogP contribution in [-0.4, -0.2) is 31.3 Å². The van der Waals surface area contributed by atoms with Gasteiger partial charge >= 0.3 is 0 Å². The summed E-state index contributed by atoms with van der Waals surface area (Å²) in [5.41, 5.74) is 6.35. The number of benzene rings is 2. The second kappa shape index (κ2) is 8.46. The number of methoxy groups -OCH3 is 1. The lowest BCUT2D eigenvalue weighted by molar-refractivity contribution is 0.0955. The van der Waals surface area contributed by atoms with Gasteiger partial charge in [-0.15, -0.1) is 0 Å². The summed E-state index contributed by atoms with van der Waals surface area (Å²) in [5, 5.41) is 4.73. The van der Waals surface area contributed by atoms with Crippen LogP contribution < -0.4 is 15.1 Å². The first-order valence-corrected chi connectivity index (χ1v) is 10.2. The standard InChI is InChI=1S/C23H28ClN3O2/c1-6-27-21-12-20(24)17(11-19(21)15(2)13-23(27,3)4)14-25-26-22(28)16-8-7-9-18(10-16)29-5/h7-12,14-15H,6,13H2,1-5H3,(H,26,28)/b25-14-. The maximum atomic E-state index is 12.3. The number of nitrogens with zero attached hydrogens (tertiary/aromatic N) is 2. The van der Waals surface area contributed by atoms with Gasteiger partial charge in [-0.2, -0.15) is 5.10 Å². The van der Waals surface area contributed by atoms with Crippen molar-refractivity contribution in [1.82, 2.24) is 5.43 Å². The molecule has 29 heavy (non-hydrogen) atoms. The monoisotopic (exact) mass is 413 g/mol. The molecule has 2 aromatic rings. The van der Waals surface area contributed by atoms with Crippen LogP contribution in [0.1, 0.15) is 61.5 Å². The molecular weight excluding hydrogens is 386 g/mol. The number of hydrazone groups is 1. The molecule has 1 N–H and O–H groups in total. The molecule has 0 saturated heterocycles. The number of amides is 1. The molecule has 1 unspecified atom stereocenters. The molecule has 0 aromatic heterocycles. The van der Waals surface area contributed by atoms with Gasteiger partial charge < -0.3 is 9.64 Å². The van der Waals surface area contributed by atoms with E-state index in [9.17, 15) is 4.79 Å². The van der Waals surface area contributed by atoms with Crippen molar-refractivity contribution in [2.24, 2.45) is 5.10 Å². The van der Waals surface area contributed by atoms with Crippen LogP contribution in [0.15, 0.2) is 41.5 Å². The molecule has 154 valence electrons. The molecule has 0 aliphatic carbocycles. The Labute approximate surface area is 177 Å². The minimum atomic E-state index is -0.304. The molecule has 3 rings (SSSR count). The van der Waals surface area contributed by atoms with Crippen molar-refractivity contribution in [3.63, 3.8) is 0 Å². The number of rotatable bonds is 5. The van der Waals surface area contributed by atoms with E-state index in [1.165, 1.54) is 11.3 Å². The Morgan fingerprint density at radius 2 is 2.14 bits per heavy atom. The maximum Gasteiger partial charge on any atom is 0.271 e. The van der Waals surface area contributed by atoms with Crippen molar-refractivity contribution in [2.45, 2.75) is 45.6 Å². The summed E-state index contributed by atoms with van der Waals surface area (Å²) < 4.78 is 5.15. The van der Waals surface area contributed by atoms with Gasteiger partial charge in [0.25, 0.3) is 5.91 Å². The number of hydrogen-bond donors (Lipinski definition) is 1. The van der Waals surface area contributed by atoms with Gasteiger partial charge in [0, 0.05) is 28.9 Å². The number of hydrogen-bond acceptors (Lipinski definition) is 4. The highest BCUT2D eigenvalue weighted by Gasteiger charge is 2.35. The molecule has 0 bridgehead atoms. The number of ether oxygens (including phenoxy) is 1. The van der Waals surface area contributed by atoms with Gasteiger partial charge in [-0.1, -0.05) is 24.6 Å². The second-order valence-electron chi connectivity index (χ2n) is 8.03. The van der Waals surface area contributed by atoms with Gasteiger partial charge in [-0.05, 0) is 69.0 Å². The predicted octanol–water partition coefficient (Wildman–Crippen LogP) is 5.22. The fourth-order valence-corrected chi connectivity index (χ4v) is 4.41. The van der Waals surface area contributed by atoms with Crippen LogP contribution >= 0.6 is 11.6 Å². The fourth-order valence-electron chi connectivity index (χ4n) is 4.21. The third kappa shape index (κ3) is 4.40. The summed E-state index contributed by atoms with van der Waals surface area (Å²) >= 11 is 6.55. The minimum Gasteiger partial charge on any atom is -0.497 e. The van der Waals surface area contributed by atoms with E-state index in [2.05, 4.69) is 49.2 Å². The highest BCUT2D eigenvalue weighted by Crippen LogP contribution is 2.44. The van der Waals surface area contributed by atoms with E-state index in [4.69, 9.17) is 16.3 Å². The Hall–Kier alpha value is -2.53. The van der Waals surface area contributed by atoms with Gasteiger partial charge in [0.15, 0.2) is 0 Å². The lowest BCUT2D eigenvalue weighted by Gasteiger charge is -2.47. The molecular formula is C23H28ClN3O2. The molecule has 0 spiro atoms. The van der Waals surface area contributed by atoms with E-state index < -0.39 is 0 Å². The fraction of sp³-hybridized carbons (Fsp3) is 0.391. The Kier molecular flexibility index (Phi) is 6.18. The number of nitrogens with one attached hydrogen (secondary N) is 1. The van der Waals surface area contributed by atoms with Crippen LogP contribution in [0.5, 0.6) is 5.75 Å². The SMILES string of the molecule is CCN1c2cc(Cl)c(/C=N\NC(=O)c3cccc(OC)c3)cc2C(C)CC1(C)C. The third-order valence-corrected chi connectivity index (χ3v) is 5.85. The molecule has 0 radical (unpaired) electrons. The largest absolute Gasteiger partial charge is 0.497 e. The van der Waals surface area contributed by atoms with Gasteiger partial charge in [-0.3, -0.25) is 4.79 Å². The average molecular weight is 414 g/mol. The maximum absolute atomic E-state index is 12.3. The van der Waals surface area contributed by atoms with E-state index in [-0.39, 0.29) is 11.4 Å². The number of carbonyl (C=O) groups excluding carboxylic acids is 1. The summed E-state index contributed by atoms with van der Waals surface area (Å²) in [7, 11) is 1.56. The lowest BCUT2D eigenvalue weighted by Crippen LogP contribution is -2.48. The third-order valence-electron chi connectivity index (χ3n) is 5.52. The summed E-state index contributed by atoms with van der Waals surface area (Å²) in [4.78, 5) is 14.7. The lowest BCUT2D eigenvalue weighted by atomic mass is 9.79. The average Bonchev–Trinajstić information content (AvgIpc) is 2.68. The van der Waals surface area contributed by atoms with Crippen molar-refractivity contribution in [3.05, 3.63) is 58.1 Å². The van der Waals surface area contributed by atoms with E-state index in [1.54, 1.807) is 37.6 Å². The number of carbonyl (C=O) groups is 1. The molecule has 0 fully saturated rings. The molecule has 1 heterocycles. The van der Waals surface area contributed by atoms with Crippen molar-refractivity contribution >= 4 is 29.4 Å². The summed E-state index contributed by atoms with van der Waals surface area (Å²) in [6.45, 7) is 9.87. The summed E-state index contributed by atoms with van der Waals surface area (Å²) in [6, 6.07) is 11.0. The normalized spacial score (nSPS) is 17.9. The zero-order valence-corrected chi connectivity index (χ0v) is 18.4. The second-order valence-corrected chi connectivity index (χ2v) is 8.43. The molecule has 0 saturated carbocycles. The Morgan fingerprint density at radius 3 is 2.83 bits per heavy atom. The van der Waals surface area contributed by atoms with Gasteiger partial charge in [-0.25, -0.2) is 5.43 Å². The quantitative estimate of drug-likeness (QED) is 0.539. The minimum absolute atomic E-state index is 0.0881. The topological polar surface area (TPSA) is 53.9 Å². The smallest absolute Gasteiger partial charge is 0.271 e. The van der Waals surface area contributed by atoms with Gasteiger partial charge in [0.1, 0.15) is 5.75 Å². The summed E-state index contributed by atoms with van der Waals surface area (Å²) in [5.74, 6) is 0.733. The highest BCUT2D eigenvalue weighted by molar-refractivity contribution is 6.33. The zero-order chi connectivity index (χ0) is 21.2. The molecule has 6 heteroatoms. The first kappa shape index (κ1) is 21.2. The Morgan fingerprint density at radius 1 is 1.38 bits per heavy atom. The van der Waals surface area contributed by atoms with E-state index in [0.717, 1.165) is 18.5 Å². The number of fused-ring (bicyclic) bond motifs is 1. The highest BCUT2D eigenvalue weighted by atomic mass is 35.5. The summed E-state index contributed by atoms with van der Waals surface area (Å²) in [6.07, 6.45) is 2.67. The van der Waals surface area contributed by atoms with E-state index in [1.807, 2.05) is 6.07 Å². The Balaban J connectivity index is 1.82. The molecule has 2 aromatic carbocycles. The zero-order valence-electron chi connectivity index (χ0n) is 17.6. The van der Waals surface area contributed by atoms with Crippen LogP contribution in [0.3, 0.4) is 0 Å². The molecule has 1 aliphatic heterocycles. The van der Waals surface area contributed by atoms with Crippen molar-refractivity contribution in [3.8, 4) is 5.75 Å². The van der Waals surface area contributed by atoms with Crippen molar-refractivity contribution in [2.75, 3.05) is 18.6 Å². The first-order chi connectivity index (χ1) is 13.8. The van der Waals surface area contributed by atoms with Crippen LogP contribution in [0.2, 0.25) is 5.02 Å². The van der Waals surface area contributed by atoms with Crippen LogP contribution in [0.4, 0.5) is 5.69 Å². The van der Waals surface area contributed by atoms with Crippen molar-refractivity contribution < 1.29 is 9.53 Å². The van der Waals surface area contributed by atoms with Crippen LogP contribution in [0.25, 0.3) is 0 Å². The first-order valence-electron chi connectivity index (χ1n) is 9.85. The molecule has 1 atom stereocenters. The number of anilines is 1. The van der Waals surface area contributed by atoms with Gasteiger partial charge in [0.2, 0.25) is 0 Å². The van der Waals surface area contributed by atoms with Crippen molar-refractivity contribution in [1.29, 1.82) is 0 Å². The van der Waals surface area contributed by atoms with E-state index in [0.29, 0.717) is 22.3 Å².